The van der Waals surface area contributed by atoms with Gasteiger partial charge in [0.2, 0.25) is 0 Å². The predicted molar refractivity (Wildman–Crippen MR) is 168 cm³/mol. The first-order chi connectivity index (χ1) is 20.2. The fraction of sp³-hybridized carbons (Fsp3) is 0.737. The van der Waals surface area contributed by atoms with Crippen LogP contribution in [0.25, 0.3) is 0 Å². The van der Waals surface area contributed by atoms with E-state index in [2.05, 4.69) is 47.6 Å². The fourth-order valence-electron chi connectivity index (χ4n) is 11.7. The summed E-state index contributed by atoms with van der Waals surface area (Å²) in [5, 5.41) is 11.5. The summed E-state index contributed by atoms with van der Waals surface area (Å²) in [4.78, 5) is 26.5. The molecule has 0 radical (unpaired) electrons. The lowest BCUT2D eigenvalue weighted by molar-refractivity contribution is -0.216. The van der Waals surface area contributed by atoms with Crippen LogP contribution in [0.4, 0.5) is 0 Å². The van der Waals surface area contributed by atoms with Gasteiger partial charge < -0.3 is 14.6 Å². The Kier molecular flexibility index (Phi) is 7.31. The summed E-state index contributed by atoms with van der Waals surface area (Å²) in [6, 6.07) is 9.18. The minimum Gasteiger partial charge on any atom is -0.469 e. The molecule has 4 fully saturated rings. The largest absolute Gasteiger partial charge is 0.469 e. The van der Waals surface area contributed by atoms with Crippen molar-refractivity contribution in [1.82, 2.24) is 0 Å². The number of aliphatic hydroxyl groups excluding tert-OH is 1. The monoisotopic (exact) mass is 590 g/mol. The van der Waals surface area contributed by atoms with E-state index in [1.807, 2.05) is 18.2 Å². The Morgan fingerprint density at radius 1 is 0.884 bits per heavy atom. The van der Waals surface area contributed by atoms with E-state index < -0.39 is 16.9 Å². The molecule has 5 nitrogen and oxygen atoms in total. The molecular formula is C38H54O5. The number of carbonyl (C=O) groups is 2. The third-order valence-corrected chi connectivity index (χ3v) is 14.5. The fourth-order valence-corrected chi connectivity index (χ4v) is 11.7. The van der Waals surface area contributed by atoms with Gasteiger partial charge in [-0.2, -0.15) is 0 Å². The van der Waals surface area contributed by atoms with Gasteiger partial charge in [0.25, 0.3) is 0 Å². The first-order valence-corrected chi connectivity index (χ1v) is 16.9. The predicted octanol–water partition coefficient (Wildman–Crippen LogP) is 8.16. The second-order valence-electron chi connectivity index (χ2n) is 16.9. The van der Waals surface area contributed by atoms with Crippen LogP contribution < -0.4 is 0 Å². The van der Waals surface area contributed by atoms with Gasteiger partial charge in [-0.15, -0.1) is 0 Å². The van der Waals surface area contributed by atoms with Crippen molar-refractivity contribution in [2.24, 2.45) is 50.2 Å². The lowest BCUT2D eigenvalue weighted by Gasteiger charge is -2.71. The van der Waals surface area contributed by atoms with E-state index in [-0.39, 0.29) is 52.0 Å². The third-order valence-electron chi connectivity index (χ3n) is 14.5. The number of hydrogen-bond acceptors (Lipinski definition) is 5. The molecule has 0 amide bonds. The molecule has 1 aromatic rings. The summed E-state index contributed by atoms with van der Waals surface area (Å²) < 4.78 is 11.5. The maximum atomic E-state index is 13.5. The zero-order valence-electron chi connectivity index (χ0n) is 27.6. The van der Waals surface area contributed by atoms with Gasteiger partial charge in [-0.25, -0.2) is 4.79 Å². The van der Waals surface area contributed by atoms with Crippen LogP contribution in [0.2, 0.25) is 0 Å². The summed E-state index contributed by atoms with van der Waals surface area (Å²) in [6.45, 7) is 14.7. The van der Waals surface area contributed by atoms with Crippen LogP contribution in [0.5, 0.6) is 0 Å². The van der Waals surface area contributed by atoms with Crippen molar-refractivity contribution in [3.8, 4) is 0 Å². The highest BCUT2D eigenvalue weighted by Gasteiger charge is 2.70. The number of methoxy groups -OCH3 is 1. The molecule has 0 heterocycles. The Balaban J connectivity index is 1.34. The topological polar surface area (TPSA) is 72.8 Å². The van der Waals surface area contributed by atoms with Gasteiger partial charge in [0.05, 0.1) is 30.8 Å². The molecule has 5 aliphatic rings. The molecule has 9 atom stereocenters. The zero-order chi connectivity index (χ0) is 31.1. The van der Waals surface area contributed by atoms with Gasteiger partial charge in [0, 0.05) is 5.41 Å². The van der Waals surface area contributed by atoms with Crippen LogP contribution in [-0.2, 0) is 14.3 Å². The molecular weight excluding hydrogens is 536 g/mol. The van der Waals surface area contributed by atoms with Crippen molar-refractivity contribution in [1.29, 1.82) is 0 Å². The van der Waals surface area contributed by atoms with E-state index in [9.17, 15) is 14.7 Å². The number of fused-ring (bicyclic) bond motifs is 7. The Morgan fingerprint density at radius 2 is 1.58 bits per heavy atom. The van der Waals surface area contributed by atoms with Crippen LogP contribution in [0.3, 0.4) is 0 Å². The number of rotatable bonds is 4. The summed E-state index contributed by atoms with van der Waals surface area (Å²) in [5.74, 6) is 0.649. The lowest BCUT2D eigenvalue weighted by atomic mass is 9.33. The summed E-state index contributed by atoms with van der Waals surface area (Å²) >= 11 is 0. The average Bonchev–Trinajstić information content (AvgIpc) is 2.98. The number of benzene rings is 1. The van der Waals surface area contributed by atoms with Crippen LogP contribution in [0.15, 0.2) is 42.0 Å². The molecule has 0 aromatic heterocycles. The Morgan fingerprint density at radius 3 is 2.28 bits per heavy atom. The molecule has 0 unspecified atom stereocenters. The number of esters is 2. The summed E-state index contributed by atoms with van der Waals surface area (Å²) in [6.07, 6.45) is 11.9. The number of carbonyl (C=O) groups excluding carboxylic acids is 2. The minimum absolute atomic E-state index is 0.000908. The number of allylic oxidation sites excluding steroid dienone is 2. The van der Waals surface area contributed by atoms with Crippen LogP contribution >= 0.6 is 0 Å². The third kappa shape index (κ3) is 4.33. The zero-order valence-corrected chi connectivity index (χ0v) is 27.6. The van der Waals surface area contributed by atoms with Gasteiger partial charge >= 0.3 is 11.9 Å². The van der Waals surface area contributed by atoms with Gasteiger partial charge in [-0.3, -0.25) is 4.79 Å². The van der Waals surface area contributed by atoms with Crippen LogP contribution in [0.1, 0.15) is 116 Å². The van der Waals surface area contributed by atoms with E-state index in [1.165, 1.54) is 5.57 Å². The van der Waals surface area contributed by atoms with Crippen LogP contribution in [-0.4, -0.2) is 36.9 Å². The van der Waals surface area contributed by atoms with Crippen molar-refractivity contribution < 1.29 is 24.2 Å². The molecule has 0 aliphatic heterocycles. The number of aliphatic hydroxyl groups is 1. The normalized spacial score (nSPS) is 44.9. The quantitative estimate of drug-likeness (QED) is 0.283. The molecule has 1 N–H and O–H groups in total. The Labute approximate surface area is 259 Å². The molecule has 5 aliphatic carbocycles. The second kappa shape index (κ2) is 10.2. The van der Waals surface area contributed by atoms with Gasteiger partial charge in [-0.1, -0.05) is 71.4 Å². The van der Waals surface area contributed by atoms with E-state index >= 15 is 0 Å². The van der Waals surface area contributed by atoms with Crippen molar-refractivity contribution >= 4 is 11.9 Å². The van der Waals surface area contributed by atoms with Crippen LogP contribution in [0, 0.1) is 50.2 Å². The molecule has 5 heteroatoms. The van der Waals surface area contributed by atoms with Crippen molar-refractivity contribution in [3.63, 3.8) is 0 Å². The molecule has 43 heavy (non-hydrogen) atoms. The lowest BCUT2D eigenvalue weighted by Crippen LogP contribution is -2.66. The van der Waals surface area contributed by atoms with Crippen molar-refractivity contribution in [2.45, 2.75) is 112 Å². The highest BCUT2D eigenvalue weighted by Crippen LogP contribution is 2.75. The van der Waals surface area contributed by atoms with Gasteiger partial charge in [0.15, 0.2) is 0 Å². The highest BCUT2D eigenvalue weighted by atomic mass is 16.5. The van der Waals surface area contributed by atoms with E-state index in [0.29, 0.717) is 11.5 Å². The average molecular weight is 591 g/mol. The maximum Gasteiger partial charge on any atom is 0.338 e. The smallest absolute Gasteiger partial charge is 0.338 e. The van der Waals surface area contributed by atoms with Gasteiger partial charge in [0.1, 0.15) is 0 Å². The maximum absolute atomic E-state index is 13.5. The molecule has 0 saturated heterocycles. The van der Waals surface area contributed by atoms with Gasteiger partial charge in [-0.05, 0) is 116 Å². The van der Waals surface area contributed by atoms with Crippen molar-refractivity contribution in [3.05, 3.63) is 47.5 Å². The number of ether oxygens (including phenoxy) is 2. The Bertz CT molecular complexity index is 1300. The SMILES string of the molecule is COC(=O)[C@]12CCC(C)(C)C[C@H]1C1=CC[C@@H]3[C@@]4(C)CC[C@H](O)[C@@](C)(COC(=O)c5ccccc5)[C@@H]4CC[C@@]3(C)[C@]1(C)CC2. The highest BCUT2D eigenvalue weighted by molar-refractivity contribution is 5.89. The van der Waals surface area contributed by atoms with E-state index in [1.54, 1.807) is 19.2 Å². The first-order valence-electron chi connectivity index (χ1n) is 16.9. The summed E-state index contributed by atoms with van der Waals surface area (Å²) in [7, 11) is 1.57. The molecule has 4 saturated carbocycles. The molecule has 1 aromatic carbocycles. The van der Waals surface area contributed by atoms with Crippen molar-refractivity contribution in [2.75, 3.05) is 13.7 Å². The van der Waals surface area contributed by atoms with E-state index in [4.69, 9.17) is 9.47 Å². The number of hydrogen-bond donors (Lipinski definition) is 1. The second-order valence-corrected chi connectivity index (χ2v) is 16.9. The summed E-state index contributed by atoms with van der Waals surface area (Å²) in [5.41, 5.74) is 1.55. The molecule has 236 valence electrons. The minimum atomic E-state index is -0.497. The standard InChI is InChI=1S/C38H54O5/c1-33(2)19-21-38(32(41)42-7)22-20-36(5)26(27(38)23-33)13-14-29-34(3)17-16-30(39)35(4,28(34)15-18-37(29,36)6)24-43-31(40)25-11-9-8-10-12-25/h8-13,27-30,39H,14-24H2,1-7H3/t27-,28+,29+,30-,34-,35-,36+,37+,38-/m0/s1. The molecule has 6 rings (SSSR count). The molecule has 0 spiro atoms. The Hall–Kier alpha value is -2.14. The molecule has 0 bridgehead atoms. The van der Waals surface area contributed by atoms with E-state index in [0.717, 1.165) is 64.2 Å². The first kappa shape index (κ1) is 30.9.